The Kier molecular flexibility index (Phi) is 5.03. The van der Waals surface area contributed by atoms with Crippen molar-refractivity contribution in [1.29, 1.82) is 0 Å². The monoisotopic (exact) mass is 284 g/mol. The summed E-state index contributed by atoms with van der Waals surface area (Å²) < 4.78 is 10.3. The summed E-state index contributed by atoms with van der Waals surface area (Å²) in [5.74, 6) is -0.402. The van der Waals surface area contributed by atoms with Crippen LogP contribution in [0.2, 0.25) is 0 Å². The molecular weight excluding hydrogens is 260 g/mol. The SMILES string of the molecule is CCOC(=O)C1=C(N)CN(C(=O)OC(C)(C)C)[C@H](C)C1. The molecule has 6 nitrogen and oxygen atoms in total. The lowest BCUT2D eigenvalue weighted by Gasteiger charge is -2.35. The molecule has 0 fully saturated rings. The Hall–Kier alpha value is -1.72. The van der Waals surface area contributed by atoms with E-state index in [1.165, 1.54) is 4.90 Å². The Morgan fingerprint density at radius 1 is 1.40 bits per heavy atom. The van der Waals surface area contributed by atoms with Crippen LogP contribution >= 0.6 is 0 Å². The number of ether oxygens (including phenoxy) is 2. The highest BCUT2D eigenvalue weighted by Crippen LogP contribution is 2.23. The van der Waals surface area contributed by atoms with Crippen LogP contribution in [0, 0.1) is 0 Å². The van der Waals surface area contributed by atoms with Crippen molar-refractivity contribution in [2.45, 2.75) is 52.7 Å². The largest absolute Gasteiger partial charge is 0.463 e. The molecule has 0 aromatic rings. The summed E-state index contributed by atoms with van der Waals surface area (Å²) in [5, 5.41) is 0. The van der Waals surface area contributed by atoms with Gasteiger partial charge in [0.25, 0.3) is 0 Å². The van der Waals surface area contributed by atoms with Crippen molar-refractivity contribution in [3.8, 4) is 0 Å². The first kappa shape index (κ1) is 16.3. The zero-order chi connectivity index (χ0) is 15.5. The molecule has 1 atom stereocenters. The predicted octanol–water partition coefficient (Wildman–Crippen LogP) is 1.79. The van der Waals surface area contributed by atoms with E-state index >= 15 is 0 Å². The first-order valence-electron chi connectivity index (χ1n) is 6.80. The minimum absolute atomic E-state index is 0.156. The molecule has 114 valence electrons. The van der Waals surface area contributed by atoms with Gasteiger partial charge in [-0.15, -0.1) is 0 Å². The Morgan fingerprint density at radius 2 is 2.00 bits per heavy atom. The molecule has 0 radical (unpaired) electrons. The van der Waals surface area contributed by atoms with Crippen molar-refractivity contribution < 1.29 is 19.1 Å². The lowest BCUT2D eigenvalue weighted by atomic mass is 9.99. The van der Waals surface area contributed by atoms with Crippen LogP contribution in [0.3, 0.4) is 0 Å². The summed E-state index contributed by atoms with van der Waals surface area (Å²) >= 11 is 0. The molecule has 0 bridgehead atoms. The number of esters is 1. The van der Waals surface area contributed by atoms with Gasteiger partial charge in [-0.05, 0) is 34.6 Å². The third kappa shape index (κ3) is 4.15. The molecule has 1 heterocycles. The second-order valence-electron chi connectivity index (χ2n) is 5.89. The minimum Gasteiger partial charge on any atom is -0.463 e. The highest BCUT2D eigenvalue weighted by atomic mass is 16.6. The molecule has 1 amide bonds. The van der Waals surface area contributed by atoms with Crippen molar-refractivity contribution in [1.82, 2.24) is 4.90 Å². The number of nitrogens with zero attached hydrogens (tertiary/aromatic N) is 1. The van der Waals surface area contributed by atoms with Crippen LogP contribution in [0.25, 0.3) is 0 Å². The van der Waals surface area contributed by atoms with E-state index < -0.39 is 17.7 Å². The molecule has 1 aliphatic rings. The van der Waals surface area contributed by atoms with Crippen LogP contribution in [0.4, 0.5) is 4.79 Å². The third-order valence-electron chi connectivity index (χ3n) is 2.91. The lowest BCUT2D eigenvalue weighted by Crippen LogP contribution is -2.47. The van der Waals surface area contributed by atoms with Gasteiger partial charge in [0.15, 0.2) is 0 Å². The summed E-state index contributed by atoms with van der Waals surface area (Å²) in [6, 6.07) is -0.156. The van der Waals surface area contributed by atoms with Crippen molar-refractivity contribution in [3.63, 3.8) is 0 Å². The van der Waals surface area contributed by atoms with Gasteiger partial charge in [-0.1, -0.05) is 0 Å². The van der Waals surface area contributed by atoms with E-state index in [1.54, 1.807) is 6.92 Å². The van der Waals surface area contributed by atoms with Gasteiger partial charge in [-0.2, -0.15) is 0 Å². The molecule has 0 unspecified atom stereocenters. The molecule has 1 aliphatic heterocycles. The van der Waals surface area contributed by atoms with E-state index in [0.717, 1.165) is 0 Å². The second kappa shape index (κ2) is 6.15. The van der Waals surface area contributed by atoms with Gasteiger partial charge in [0.2, 0.25) is 0 Å². The summed E-state index contributed by atoms with van der Waals surface area (Å²) in [5.41, 5.74) is 6.16. The Bertz CT molecular complexity index is 423. The van der Waals surface area contributed by atoms with Crippen molar-refractivity contribution in [3.05, 3.63) is 11.3 Å². The number of carbonyl (C=O) groups is 2. The van der Waals surface area contributed by atoms with Crippen LogP contribution in [0.15, 0.2) is 11.3 Å². The molecule has 0 spiro atoms. The smallest absolute Gasteiger partial charge is 0.410 e. The highest BCUT2D eigenvalue weighted by molar-refractivity contribution is 5.90. The van der Waals surface area contributed by atoms with Gasteiger partial charge < -0.3 is 15.2 Å². The fraction of sp³-hybridized carbons (Fsp3) is 0.714. The molecular formula is C14H24N2O4. The molecule has 20 heavy (non-hydrogen) atoms. The van der Waals surface area contributed by atoms with E-state index in [2.05, 4.69) is 0 Å². The number of amides is 1. The zero-order valence-electron chi connectivity index (χ0n) is 12.9. The van der Waals surface area contributed by atoms with Gasteiger partial charge in [0.05, 0.1) is 18.7 Å². The molecule has 0 aliphatic carbocycles. The maximum atomic E-state index is 12.1. The number of hydrogen-bond donors (Lipinski definition) is 1. The van der Waals surface area contributed by atoms with E-state index in [1.807, 2.05) is 27.7 Å². The average Bonchev–Trinajstić information content (AvgIpc) is 2.29. The van der Waals surface area contributed by atoms with E-state index in [4.69, 9.17) is 15.2 Å². The van der Waals surface area contributed by atoms with E-state index in [-0.39, 0.29) is 12.6 Å². The Morgan fingerprint density at radius 3 is 2.50 bits per heavy atom. The highest BCUT2D eigenvalue weighted by Gasteiger charge is 2.33. The average molecular weight is 284 g/mol. The van der Waals surface area contributed by atoms with Crippen LogP contribution < -0.4 is 5.73 Å². The molecule has 0 aromatic carbocycles. The van der Waals surface area contributed by atoms with Crippen molar-refractivity contribution in [2.24, 2.45) is 5.73 Å². The molecule has 1 rings (SSSR count). The summed E-state index contributed by atoms with van der Waals surface area (Å²) in [7, 11) is 0. The van der Waals surface area contributed by atoms with Crippen molar-refractivity contribution >= 4 is 12.1 Å². The topological polar surface area (TPSA) is 81.9 Å². The summed E-state index contributed by atoms with van der Waals surface area (Å²) in [4.78, 5) is 25.4. The molecule has 0 saturated carbocycles. The van der Waals surface area contributed by atoms with Crippen LogP contribution in [0.5, 0.6) is 0 Å². The molecule has 6 heteroatoms. The Labute approximate surface area is 119 Å². The van der Waals surface area contributed by atoms with Gasteiger partial charge in [0, 0.05) is 18.2 Å². The maximum Gasteiger partial charge on any atom is 0.410 e. The van der Waals surface area contributed by atoms with Crippen molar-refractivity contribution in [2.75, 3.05) is 13.2 Å². The van der Waals surface area contributed by atoms with E-state index in [0.29, 0.717) is 24.3 Å². The van der Waals surface area contributed by atoms with Gasteiger partial charge in [-0.25, -0.2) is 9.59 Å². The third-order valence-corrected chi connectivity index (χ3v) is 2.91. The zero-order valence-corrected chi connectivity index (χ0v) is 12.9. The summed E-state index contributed by atoms with van der Waals surface area (Å²) in [6.45, 7) is 9.52. The lowest BCUT2D eigenvalue weighted by molar-refractivity contribution is -0.139. The molecule has 0 saturated heterocycles. The fourth-order valence-electron chi connectivity index (χ4n) is 1.97. The van der Waals surface area contributed by atoms with Crippen LogP contribution in [-0.4, -0.2) is 41.8 Å². The number of carbonyl (C=O) groups excluding carboxylic acids is 2. The fourth-order valence-corrected chi connectivity index (χ4v) is 1.97. The predicted molar refractivity (Wildman–Crippen MR) is 74.9 cm³/mol. The number of rotatable bonds is 2. The van der Waals surface area contributed by atoms with Gasteiger partial charge >= 0.3 is 12.1 Å². The molecule has 0 aromatic heterocycles. The normalized spacial score (nSPS) is 19.9. The quantitative estimate of drug-likeness (QED) is 0.782. The first-order valence-corrected chi connectivity index (χ1v) is 6.80. The van der Waals surface area contributed by atoms with Gasteiger partial charge in [-0.3, -0.25) is 4.90 Å². The standard InChI is InChI=1S/C14H24N2O4/c1-6-19-12(17)10-7-9(2)16(8-11(10)15)13(18)20-14(3,4)5/h9H,6-8,15H2,1-5H3/t9-/m1/s1. The van der Waals surface area contributed by atoms with E-state index in [9.17, 15) is 9.59 Å². The number of nitrogens with two attached hydrogens (primary N) is 1. The second-order valence-corrected chi connectivity index (χ2v) is 5.89. The molecule has 2 N–H and O–H groups in total. The maximum absolute atomic E-state index is 12.1. The van der Waals surface area contributed by atoms with Gasteiger partial charge in [0.1, 0.15) is 5.60 Å². The summed E-state index contributed by atoms with van der Waals surface area (Å²) in [6.07, 6.45) is -0.0416. The van der Waals surface area contributed by atoms with Crippen LogP contribution in [0.1, 0.15) is 41.0 Å². The first-order chi connectivity index (χ1) is 9.15. The Balaban J connectivity index is 2.82. The number of hydrogen-bond acceptors (Lipinski definition) is 5. The minimum atomic E-state index is -0.559. The van der Waals surface area contributed by atoms with Crippen LogP contribution in [-0.2, 0) is 14.3 Å².